The van der Waals surface area contributed by atoms with E-state index in [9.17, 15) is 9.59 Å². The van der Waals surface area contributed by atoms with E-state index in [2.05, 4.69) is 0 Å². The molecule has 0 saturated carbocycles. The van der Waals surface area contributed by atoms with Gasteiger partial charge in [-0.15, -0.1) is 0 Å². The van der Waals surface area contributed by atoms with Gasteiger partial charge in [-0.25, -0.2) is 0 Å². The standard InChI is InChI=1S/C13H13ClN2O2/c14-11-3-1-2-9(4-11)10-5-12(17)7-16(6-10)8-13(15)18/h1-4,6H,5,7-8H2,(H2,15,18). The Bertz CT molecular complexity index is 525. The van der Waals surface area contributed by atoms with Crippen LogP contribution >= 0.6 is 11.6 Å². The van der Waals surface area contributed by atoms with Gasteiger partial charge in [0, 0.05) is 17.6 Å². The highest BCUT2D eigenvalue weighted by molar-refractivity contribution is 6.30. The predicted molar refractivity (Wildman–Crippen MR) is 69.8 cm³/mol. The minimum atomic E-state index is -0.452. The fourth-order valence-electron chi connectivity index (χ4n) is 1.97. The molecule has 18 heavy (non-hydrogen) atoms. The van der Waals surface area contributed by atoms with Gasteiger partial charge in [-0.3, -0.25) is 9.59 Å². The Morgan fingerprint density at radius 3 is 2.89 bits per heavy atom. The number of Topliss-reactive ketones (excluding diaryl/α,β-unsaturated/α-hetero) is 1. The van der Waals surface area contributed by atoms with Gasteiger partial charge in [0.1, 0.15) is 0 Å². The molecule has 2 N–H and O–H groups in total. The van der Waals surface area contributed by atoms with Crippen molar-refractivity contribution in [3.8, 4) is 0 Å². The minimum absolute atomic E-state index is 0.0514. The van der Waals surface area contributed by atoms with Gasteiger partial charge < -0.3 is 10.6 Å². The molecular formula is C13H13ClN2O2. The normalized spacial score (nSPS) is 15.5. The topological polar surface area (TPSA) is 63.4 Å². The maximum atomic E-state index is 11.7. The lowest BCUT2D eigenvalue weighted by atomic mass is 9.98. The van der Waals surface area contributed by atoms with Gasteiger partial charge in [0.05, 0.1) is 13.1 Å². The number of rotatable bonds is 3. The van der Waals surface area contributed by atoms with E-state index in [4.69, 9.17) is 17.3 Å². The average molecular weight is 265 g/mol. The number of hydrogen-bond donors (Lipinski definition) is 1. The Morgan fingerprint density at radius 2 is 2.22 bits per heavy atom. The van der Waals surface area contributed by atoms with E-state index in [1.807, 2.05) is 12.1 Å². The number of hydrogen-bond acceptors (Lipinski definition) is 3. The molecule has 0 aromatic heterocycles. The van der Waals surface area contributed by atoms with Crippen LogP contribution in [0.15, 0.2) is 30.5 Å². The smallest absolute Gasteiger partial charge is 0.236 e. The van der Waals surface area contributed by atoms with Gasteiger partial charge >= 0.3 is 0 Å². The highest BCUT2D eigenvalue weighted by Crippen LogP contribution is 2.25. The zero-order chi connectivity index (χ0) is 13.1. The molecule has 0 saturated heterocycles. The molecule has 2 rings (SSSR count). The van der Waals surface area contributed by atoms with Crippen LogP contribution in [0.2, 0.25) is 5.02 Å². The van der Waals surface area contributed by atoms with Crippen molar-refractivity contribution in [2.45, 2.75) is 6.42 Å². The van der Waals surface area contributed by atoms with E-state index in [1.165, 1.54) is 0 Å². The third-order valence-corrected chi connectivity index (χ3v) is 2.89. The molecular weight excluding hydrogens is 252 g/mol. The number of benzene rings is 1. The molecule has 5 heteroatoms. The Hall–Kier alpha value is -1.81. The summed E-state index contributed by atoms with van der Waals surface area (Å²) in [7, 11) is 0. The molecule has 0 atom stereocenters. The molecule has 94 valence electrons. The van der Waals surface area contributed by atoms with Crippen LogP contribution in [0.4, 0.5) is 0 Å². The highest BCUT2D eigenvalue weighted by Gasteiger charge is 2.19. The fraction of sp³-hybridized carbons (Fsp3) is 0.231. The van der Waals surface area contributed by atoms with E-state index in [1.54, 1.807) is 23.2 Å². The fourth-order valence-corrected chi connectivity index (χ4v) is 2.16. The Kier molecular flexibility index (Phi) is 3.67. The van der Waals surface area contributed by atoms with Crippen LogP contribution in [0.1, 0.15) is 12.0 Å². The van der Waals surface area contributed by atoms with Gasteiger partial charge in [-0.2, -0.15) is 0 Å². The van der Waals surface area contributed by atoms with E-state index >= 15 is 0 Å². The lowest BCUT2D eigenvalue weighted by molar-refractivity contribution is -0.121. The quantitative estimate of drug-likeness (QED) is 0.899. The number of nitrogens with two attached hydrogens (primary N) is 1. The van der Waals surface area contributed by atoms with Gasteiger partial charge in [0.15, 0.2) is 5.78 Å². The summed E-state index contributed by atoms with van der Waals surface area (Å²) in [5, 5.41) is 0.618. The van der Waals surface area contributed by atoms with Gasteiger partial charge in [-0.05, 0) is 23.3 Å². The van der Waals surface area contributed by atoms with Crippen molar-refractivity contribution in [1.29, 1.82) is 0 Å². The van der Waals surface area contributed by atoms with Crippen LogP contribution in [0, 0.1) is 0 Å². The SMILES string of the molecule is NC(=O)CN1C=C(c2cccc(Cl)c2)CC(=O)C1. The molecule has 0 aliphatic carbocycles. The van der Waals surface area contributed by atoms with Crippen LogP contribution in [0.3, 0.4) is 0 Å². The Balaban J connectivity index is 2.28. The molecule has 1 aliphatic heterocycles. The number of carbonyl (C=O) groups excluding carboxylic acids is 2. The molecule has 0 spiro atoms. The number of ketones is 1. The van der Waals surface area contributed by atoms with E-state index in [-0.39, 0.29) is 18.9 Å². The largest absolute Gasteiger partial charge is 0.368 e. The van der Waals surface area contributed by atoms with Crippen LogP contribution in [0.25, 0.3) is 5.57 Å². The van der Waals surface area contributed by atoms with E-state index < -0.39 is 5.91 Å². The lowest BCUT2D eigenvalue weighted by Crippen LogP contribution is -2.36. The van der Waals surface area contributed by atoms with Gasteiger partial charge in [-0.1, -0.05) is 23.7 Å². The first-order chi connectivity index (χ1) is 8.54. The molecule has 1 aliphatic rings. The number of halogens is 1. The van der Waals surface area contributed by atoms with Crippen LogP contribution < -0.4 is 5.73 Å². The summed E-state index contributed by atoms with van der Waals surface area (Å²) in [6.07, 6.45) is 2.16. The Labute approximate surface area is 110 Å². The third kappa shape index (κ3) is 3.11. The average Bonchev–Trinajstić information content (AvgIpc) is 2.27. The Morgan fingerprint density at radius 1 is 1.44 bits per heavy atom. The molecule has 0 unspecified atom stereocenters. The molecule has 0 radical (unpaired) electrons. The van der Waals surface area contributed by atoms with Gasteiger partial charge in [0.2, 0.25) is 5.91 Å². The number of carbonyl (C=O) groups is 2. The van der Waals surface area contributed by atoms with Crippen LogP contribution in [-0.2, 0) is 9.59 Å². The molecule has 0 bridgehead atoms. The third-order valence-electron chi connectivity index (χ3n) is 2.66. The highest BCUT2D eigenvalue weighted by atomic mass is 35.5. The maximum absolute atomic E-state index is 11.7. The summed E-state index contributed by atoms with van der Waals surface area (Å²) in [6, 6.07) is 7.29. The first kappa shape index (κ1) is 12.6. The second-order valence-corrected chi connectivity index (χ2v) is 4.69. The molecule has 1 heterocycles. The van der Waals surface area contributed by atoms with Crippen molar-refractivity contribution in [2.24, 2.45) is 5.73 Å². The number of allylic oxidation sites excluding steroid dienone is 1. The van der Waals surface area contributed by atoms with E-state index in [0.717, 1.165) is 11.1 Å². The van der Waals surface area contributed by atoms with Crippen molar-refractivity contribution in [3.05, 3.63) is 41.1 Å². The first-order valence-electron chi connectivity index (χ1n) is 5.55. The van der Waals surface area contributed by atoms with Crippen LogP contribution in [0.5, 0.6) is 0 Å². The van der Waals surface area contributed by atoms with E-state index in [0.29, 0.717) is 11.4 Å². The van der Waals surface area contributed by atoms with Crippen molar-refractivity contribution in [2.75, 3.05) is 13.1 Å². The molecule has 4 nitrogen and oxygen atoms in total. The summed E-state index contributed by atoms with van der Waals surface area (Å²) in [4.78, 5) is 24.2. The summed E-state index contributed by atoms with van der Waals surface area (Å²) >= 11 is 5.92. The van der Waals surface area contributed by atoms with Crippen molar-refractivity contribution < 1.29 is 9.59 Å². The first-order valence-corrected chi connectivity index (χ1v) is 5.93. The van der Waals surface area contributed by atoms with Crippen LogP contribution in [-0.4, -0.2) is 29.7 Å². The number of nitrogens with zero attached hydrogens (tertiary/aromatic N) is 1. The molecule has 1 aromatic rings. The summed E-state index contributed by atoms with van der Waals surface area (Å²) in [6.45, 7) is 0.281. The van der Waals surface area contributed by atoms with Gasteiger partial charge in [0.25, 0.3) is 0 Å². The zero-order valence-corrected chi connectivity index (χ0v) is 10.5. The second kappa shape index (κ2) is 5.23. The van der Waals surface area contributed by atoms with Crippen molar-refractivity contribution >= 4 is 28.9 Å². The molecule has 0 fully saturated rings. The van der Waals surface area contributed by atoms with Crippen molar-refractivity contribution in [1.82, 2.24) is 4.90 Å². The molecule has 1 aromatic carbocycles. The van der Waals surface area contributed by atoms with Crippen molar-refractivity contribution in [3.63, 3.8) is 0 Å². The molecule has 1 amide bonds. The minimum Gasteiger partial charge on any atom is -0.368 e. The number of amides is 1. The maximum Gasteiger partial charge on any atom is 0.236 e. The summed E-state index contributed by atoms with van der Waals surface area (Å²) < 4.78 is 0. The lowest BCUT2D eigenvalue weighted by Gasteiger charge is -2.24. The zero-order valence-electron chi connectivity index (χ0n) is 9.73. The number of primary amides is 1. The summed E-state index contributed by atoms with van der Waals surface area (Å²) in [5.74, 6) is -0.389. The monoisotopic (exact) mass is 264 g/mol. The predicted octanol–water partition coefficient (Wildman–Crippen LogP) is 1.44. The second-order valence-electron chi connectivity index (χ2n) is 4.25. The summed E-state index contributed by atoms with van der Waals surface area (Å²) in [5.41, 5.74) is 6.88.